The molecule has 0 radical (unpaired) electrons. The summed E-state index contributed by atoms with van der Waals surface area (Å²) in [7, 11) is -5.38. The van der Waals surface area contributed by atoms with E-state index in [2.05, 4.69) is 0 Å². The molecule has 3 rings (SSSR count). The number of hydrogen-bond acceptors (Lipinski definition) is 3. The smallest absolute Gasteiger partial charge is 0.201 e. The van der Waals surface area contributed by atoms with Crippen molar-refractivity contribution in [2.75, 3.05) is 0 Å². The van der Waals surface area contributed by atoms with Crippen molar-refractivity contribution in [3.63, 3.8) is 0 Å². The first-order valence-corrected chi connectivity index (χ1v) is 11.5. The van der Waals surface area contributed by atoms with Gasteiger partial charge in [-0.15, -0.1) is 0 Å². The maximum atomic E-state index is 13.3. The molecule has 3 nitrogen and oxygen atoms in total. The molecule has 144 valence electrons. The monoisotopic (exact) mass is 410 g/mol. The van der Waals surface area contributed by atoms with Gasteiger partial charge in [0, 0.05) is 4.90 Å². The molecule has 0 aromatic heterocycles. The lowest BCUT2D eigenvalue weighted by Crippen LogP contribution is -2.03. The third-order valence-corrected chi connectivity index (χ3v) is 7.43. The quantitative estimate of drug-likeness (QED) is 0.581. The SMILES string of the molecule is Cc1ccc(S(=O)C(=CS(=O)(=O)c2ccc(C)cc2)c2cccc(C)c2)cc1. The van der Waals surface area contributed by atoms with Crippen molar-refractivity contribution in [2.45, 2.75) is 30.6 Å². The van der Waals surface area contributed by atoms with Crippen LogP contribution in [0.5, 0.6) is 0 Å². The van der Waals surface area contributed by atoms with E-state index in [1.807, 2.05) is 51.1 Å². The van der Waals surface area contributed by atoms with Gasteiger partial charge in [-0.2, -0.15) is 0 Å². The molecule has 0 saturated carbocycles. The highest BCUT2D eigenvalue weighted by Crippen LogP contribution is 2.28. The Bertz CT molecular complexity index is 1140. The van der Waals surface area contributed by atoms with Gasteiger partial charge in [-0.3, -0.25) is 0 Å². The van der Waals surface area contributed by atoms with E-state index >= 15 is 0 Å². The minimum Gasteiger partial charge on any atom is -0.249 e. The molecule has 3 aromatic carbocycles. The highest BCUT2D eigenvalue weighted by Gasteiger charge is 2.19. The van der Waals surface area contributed by atoms with Crippen LogP contribution in [0.4, 0.5) is 0 Å². The lowest BCUT2D eigenvalue weighted by Gasteiger charge is -2.10. The summed E-state index contributed by atoms with van der Waals surface area (Å²) >= 11 is 0. The van der Waals surface area contributed by atoms with Crippen molar-refractivity contribution in [1.82, 2.24) is 0 Å². The molecule has 0 amide bonds. The Morgan fingerprint density at radius 3 is 1.93 bits per heavy atom. The summed E-state index contributed by atoms with van der Waals surface area (Å²) in [5, 5.41) is 1.14. The van der Waals surface area contributed by atoms with Crippen LogP contribution in [0.3, 0.4) is 0 Å². The van der Waals surface area contributed by atoms with Gasteiger partial charge < -0.3 is 0 Å². The number of rotatable bonds is 5. The molecule has 0 spiro atoms. The van der Waals surface area contributed by atoms with Crippen molar-refractivity contribution < 1.29 is 12.6 Å². The summed E-state index contributed by atoms with van der Waals surface area (Å²) in [6.07, 6.45) is 0. The number of benzene rings is 3. The summed E-state index contributed by atoms with van der Waals surface area (Å²) in [4.78, 5) is 1.02. The zero-order valence-corrected chi connectivity index (χ0v) is 17.7. The van der Waals surface area contributed by atoms with Crippen LogP contribution >= 0.6 is 0 Å². The van der Waals surface area contributed by atoms with E-state index in [-0.39, 0.29) is 9.80 Å². The molecule has 0 fully saturated rings. The second-order valence-electron chi connectivity index (χ2n) is 6.79. The van der Waals surface area contributed by atoms with Gasteiger partial charge in [0.15, 0.2) is 0 Å². The Labute approximate surface area is 169 Å². The Morgan fingerprint density at radius 2 is 1.36 bits per heavy atom. The van der Waals surface area contributed by atoms with Gasteiger partial charge >= 0.3 is 0 Å². The van der Waals surface area contributed by atoms with E-state index in [9.17, 15) is 12.6 Å². The van der Waals surface area contributed by atoms with E-state index in [0.29, 0.717) is 10.5 Å². The minimum absolute atomic E-state index is 0.184. The first-order valence-electron chi connectivity index (χ1n) is 8.85. The molecule has 3 aromatic rings. The van der Waals surface area contributed by atoms with E-state index in [0.717, 1.165) is 22.1 Å². The van der Waals surface area contributed by atoms with Crippen LogP contribution in [0.25, 0.3) is 4.91 Å². The zero-order valence-electron chi connectivity index (χ0n) is 16.0. The van der Waals surface area contributed by atoms with Gasteiger partial charge in [0.25, 0.3) is 0 Å². The van der Waals surface area contributed by atoms with Crippen molar-refractivity contribution >= 4 is 25.5 Å². The molecule has 0 aliphatic heterocycles. The van der Waals surface area contributed by atoms with Crippen LogP contribution in [0, 0.1) is 20.8 Å². The Balaban J connectivity index is 2.15. The van der Waals surface area contributed by atoms with Crippen molar-refractivity contribution in [3.05, 3.63) is 100 Å². The molecular weight excluding hydrogens is 388 g/mol. The van der Waals surface area contributed by atoms with E-state index < -0.39 is 20.6 Å². The average Bonchev–Trinajstić information content (AvgIpc) is 2.66. The second-order valence-corrected chi connectivity index (χ2v) is 10.0. The molecule has 1 atom stereocenters. The van der Waals surface area contributed by atoms with Crippen molar-refractivity contribution in [1.29, 1.82) is 0 Å². The van der Waals surface area contributed by atoms with E-state index in [1.165, 1.54) is 0 Å². The lowest BCUT2D eigenvalue weighted by molar-refractivity contribution is 0.604. The molecule has 0 heterocycles. The average molecular weight is 411 g/mol. The molecular formula is C23H22O3S2. The molecule has 0 aliphatic rings. The van der Waals surface area contributed by atoms with Gasteiger partial charge in [-0.25, -0.2) is 12.6 Å². The maximum absolute atomic E-state index is 13.3. The Hall–Kier alpha value is -2.50. The molecule has 0 saturated heterocycles. The molecule has 28 heavy (non-hydrogen) atoms. The third-order valence-electron chi connectivity index (χ3n) is 4.35. The van der Waals surface area contributed by atoms with Gasteiger partial charge in [0.05, 0.1) is 26.0 Å². The number of sulfone groups is 1. The molecule has 5 heteroatoms. The normalized spacial score (nSPS) is 13.3. The first-order chi connectivity index (χ1) is 13.3. The highest BCUT2D eigenvalue weighted by atomic mass is 32.2. The molecule has 0 bridgehead atoms. The fraction of sp³-hybridized carbons (Fsp3) is 0.130. The zero-order chi connectivity index (χ0) is 20.3. The summed E-state index contributed by atoms with van der Waals surface area (Å²) in [5.41, 5.74) is 3.63. The van der Waals surface area contributed by atoms with Gasteiger partial charge in [-0.05, 0) is 50.6 Å². The number of hydrogen-bond donors (Lipinski definition) is 0. The van der Waals surface area contributed by atoms with Crippen LogP contribution in [0.15, 0.2) is 88.0 Å². The number of aryl methyl sites for hydroxylation is 3. The Morgan fingerprint density at radius 1 is 0.786 bits per heavy atom. The van der Waals surface area contributed by atoms with Crippen LogP contribution in [-0.2, 0) is 20.6 Å². The van der Waals surface area contributed by atoms with Gasteiger partial charge in [0.1, 0.15) is 0 Å². The summed E-state index contributed by atoms with van der Waals surface area (Å²) in [5.74, 6) is 0. The van der Waals surface area contributed by atoms with Crippen LogP contribution < -0.4 is 0 Å². The third kappa shape index (κ3) is 4.66. The van der Waals surface area contributed by atoms with Crippen LogP contribution in [0.2, 0.25) is 0 Å². The van der Waals surface area contributed by atoms with Crippen LogP contribution in [-0.4, -0.2) is 12.6 Å². The first kappa shape index (κ1) is 20.2. The summed E-state index contributed by atoms with van der Waals surface area (Å²) < 4.78 is 39.3. The lowest BCUT2D eigenvalue weighted by atomic mass is 10.1. The Kier molecular flexibility index (Phi) is 5.96. The van der Waals surface area contributed by atoms with Gasteiger partial charge in [0.2, 0.25) is 9.84 Å². The predicted octanol–water partition coefficient (Wildman–Crippen LogP) is 5.19. The summed E-state index contributed by atoms with van der Waals surface area (Å²) in [6, 6.07) is 21.3. The molecule has 0 N–H and O–H groups in total. The summed E-state index contributed by atoms with van der Waals surface area (Å²) in [6.45, 7) is 5.77. The maximum Gasteiger partial charge on any atom is 0.201 e. The highest BCUT2D eigenvalue weighted by molar-refractivity contribution is 7.99. The fourth-order valence-corrected chi connectivity index (χ4v) is 5.52. The van der Waals surface area contributed by atoms with Crippen molar-refractivity contribution in [2.24, 2.45) is 0 Å². The molecule has 0 aliphatic carbocycles. The van der Waals surface area contributed by atoms with Crippen LogP contribution in [0.1, 0.15) is 22.3 Å². The minimum atomic E-state index is -3.75. The van der Waals surface area contributed by atoms with Crippen molar-refractivity contribution in [3.8, 4) is 0 Å². The van der Waals surface area contributed by atoms with E-state index in [1.54, 1.807) is 42.5 Å². The van der Waals surface area contributed by atoms with E-state index in [4.69, 9.17) is 0 Å². The topological polar surface area (TPSA) is 51.2 Å². The second kappa shape index (κ2) is 8.25. The fourth-order valence-electron chi connectivity index (χ4n) is 2.74. The van der Waals surface area contributed by atoms with Gasteiger partial charge in [-0.1, -0.05) is 65.2 Å². The predicted molar refractivity (Wildman–Crippen MR) is 115 cm³/mol. The molecule has 1 unspecified atom stereocenters. The standard InChI is InChI=1S/C23H22O3S2/c1-17-7-11-21(12-8-17)27(24)23(20-6-4-5-19(3)15-20)16-28(25,26)22-13-9-18(2)10-14-22/h4-16H,1-3H3. The largest absolute Gasteiger partial charge is 0.249 e.